The average molecular weight is 437 g/mol. The first-order valence-electron chi connectivity index (χ1n) is 9.99. The van der Waals surface area contributed by atoms with E-state index in [4.69, 9.17) is 0 Å². The highest BCUT2D eigenvalue weighted by Crippen LogP contribution is 2.28. The largest absolute Gasteiger partial charge is 0.378 e. The lowest BCUT2D eigenvalue weighted by molar-refractivity contribution is 0.143. The van der Waals surface area contributed by atoms with Crippen molar-refractivity contribution in [3.63, 3.8) is 0 Å². The van der Waals surface area contributed by atoms with Crippen molar-refractivity contribution in [1.82, 2.24) is 0 Å². The average Bonchev–Trinajstić information content (AvgIpc) is 2.66. The molecule has 6 rings (SSSR count). The molecule has 0 aliphatic carbocycles. The fraction of sp³-hybridized carbons (Fsp3) is 0.385. The van der Waals surface area contributed by atoms with Crippen molar-refractivity contribution in [3.05, 3.63) is 69.8 Å². The first kappa shape index (κ1) is 22.9. The lowest BCUT2D eigenvalue weighted by Gasteiger charge is -2.14. The van der Waals surface area contributed by atoms with E-state index in [0.29, 0.717) is 0 Å². The van der Waals surface area contributed by atoms with E-state index in [0.717, 1.165) is 45.3 Å². The minimum Gasteiger partial charge on any atom is -0.378 e. The predicted molar refractivity (Wildman–Crippen MR) is 129 cm³/mol. The molecule has 156 valence electrons. The Labute approximate surface area is 188 Å². The van der Waals surface area contributed by atoms with Crippen molar-refractivity contribution in [2.24, 2.45) is 0 Å². The fourth-order valence-corrected chi connectivity index (χ4v) is 4.87. The fourth-order valence-electron chi connectivity index (χ4n) is 2.89. The minimum atomic E-state index is -1.04. The zero-order chi connectivity index (χ0) is 21.8. The molecule has 0 saturated heterocycles. The molecular formula is C26H28O2S2. The Hall–Kier alpha value is -1.82. The lowest BCUT2D eigenvalue weighted by Crippen LogP contribution is -2.15. The second-order valence-electron chi connectivity index (χ2n) is 8.59. The van der Waals surface area contributed by atoms with E-state index in [9.17, 15) is 10.2 Å². The molecule has 30 heavy (non-hydrogen) atoms. The number of hydrogen-bond donors (Lipinski definition) is 2. The molecule has 4 aliphatic rings. The number of rotatable bonds is 0. The summed E-state index contributed by atoms with van der Waals surface area (Å²) in [6.45, 7) is 6.79. The molecular weight excluding hydrogens is 408 g/mol. The predicted octanol–water partition coefficient (Wildman–Crippen LogP) is 5.11. The summed E-state index contributed by atoms with van der Waals surface area (Å²) in [4.78, 5) is 0. The van der Waals surface area contributed by atoms with E-state index in [1.54, 1.807) is 27.7 Å². The van der Waals surface area contributed by atoms with Gasteiger partial charge in [0.25, 0.3) is 0 Å². The van der Waals surface area contributed by atoms with Gasteiger partial charge in [-0.15, -0.1) is 0 Å². The van der Waals surface area contributed by atoms with Gasteiger partial charge in [0.15, 0.2) is 0 Å². The summed E-state index contributed by atoms with van der Waals surface area (Å²) in [6.07, 6.45) is 0. The van der Waals surface area contributed by atoms with E-state index in [-0.39, 0.29) is 0 Å². The molecule has 0 unspecified atom stereocenters. The van der Waals surface area contributed by atoms with Crippen molar-refractivity contribution >= 4 is 23.5 Å². The van der Waals surface area contributed by atoms with Gasteiger partial charge in [-0.2, -0.15) is 23.5 Å². The van der Waals surface area contributed by atoms with E-state index < -0.39 is 11.2 Å². The van der Waals surface area contributed by atoms with Gasteiger partial charge in [0.05, 0.1) is 0 Å². The summed E-state index contributed by atoms with van der Waals surface area (Å²) in [5.74, 6) is 15.8. The Morgan fingerprint density at radius 2 is 1.03 bits per heavy atom. The summed E-state index contributed by atoms with van der Waals surface area (Å²) in [7, 11) is 0. The molecule has 0 atom stereocenters. The molecule has 0 spiro atoms. The van der Waals surface area contributed by atoms with Crippen LogP contribution >= 0.6 is 23.5 Å². The summed E-state index contributed by atoms with van der Waals surface area (Å²) >= 11 is 3.69. The van der Waals surface area contributed by atoms with E-state index in [2.05, 4.69) is 60.1 Å². The molecule has 0 radical (unpaired) electrons. The standard InChI is InChI=1S/C26H28O2S2/c1-25(2,27)11-9-21-13-24-18-30-16-20-7-5-19(6-8-20)15-29-17-23(21)14-22(24)10-12-26(3,4)28/h5-8,13-14,27-28H,15-18H2,1-4H3. The van der Waals surface area contributed by atoms with Crippen LogP contribution in [0.2, 0.25) is 0 Å². The van der Waals surface area contributed by atoms with Crippen molar-refractivity contribution in [2.75, 3.05) is 0 Å². The highest BCUT2D eigenvalue weighted by Gasteiger charge is 2.13. The van der Waals surface area contributed by atoms with Gasteiger partial charge in [-0.1, -0.05) is 47.9 Å². The minimum absolute atomic E-state index is 0.808. The van der Waals surface area contributed by atoms with Gasteiger partial charge in [0, 0.05) is 34.1 Å². The zero-order valence-corrected chi connectivity index (χ0v) is 19.6. The SMILES string of the molecule is CC(C)(O)C#Cc1cc2c(C#CC(C)(C)O)cc1CSCc1ccc(cc1)CSC2. The maximum absolute atomic E-state index is 10.1. The first-order chi connectivity index (χ1) is 14.1. The van der Waals surface area contributed by atoms with Crippen molar-refractivity contribution < 1.29 is 10.2 Å². The Morgan fingerprint density at radius 1 is 0.667 bits per heavy atom. The molecule has 2 nitrogen and oxygen atoms in total. The van der Waals surface area contributed by atoms with Gasteiger partial charge in [-0.3, -0.25) is 0 Å². The highest BCUT2D eigenvalue weighted by atomic mass is 32.2. The summed E-state index contributed by atoms with van der Waals surface area (Å²) in [5.41, 5.74) is 4.65. The monoisotopic (exact) mass is 436 g/mol. The lowest BCUT2D eigenvalue weighted by atomic mass is 9.98. The Kier molecular flexibility index (Phi) is 7.27. The topological polar surface area (TPSA) is 40.5 Å². The van der Waals surface area contributed by atoms with Gasteiger partial charge < -0.3 is 10.2 Å². The van der Waals surface area contributed by atoms with Gasteiger partial charge in [0.1, 0.15) is 11.2 Å². The van der Waals surface area contributed by atoms with Crippen molar-refractivity contribution in [3.8, 4) is 23.7 Å². The zero-order valence-electron chi connectivity index (χ0n) is 18.0. The third-order valence-corrected chi connectivity index (χ3v) is 6.52. The normalized spacial score (nSPS) is 14.3. The van der Waals surface area contributed by atoms with Crippen LogP contribution in [0, 0.1) is 23.7 Å². The van der Waals surface area contributed by atoms with E-state index >= 15 is 0 Å². The number of aliphatic hydroxyl groups is 2. The Bertz CT molecular complexity index is 933. The number of thioether (sulfide) groups is 2. The van der Waals surface area contributed by atoms with Crippen LogP contribution in [0.4, 0.5) is 0 Å². The Morgan fingerprint density at radius 3 is 1.37 bits per heavy atom. The van der Waals surface area contributed by atoms with Crippen molar-refractivity contribution in [2.45, 2.75) is 61.9 Å². The molecule has 4 heterocycles. The maximum atomic E-state index is 10.1. The van der Waals surface area contributed by atoms with Crippen molar-refractivity contribution in [1.29, 1.82) is 0 Å². The second kappa shape index (κ2) is 9.54. The van der Waals surface area contributed by atoms with Crippen LogP contribution in [-0.2, 0) is 23.0 Å². The molecule has 0 aromatic heterocycles. The Balaban J connectivity index is 2.07. The van der Waals surface area contributed by atoms with E-state index in [1.807, 2.05) is 23.5 Å². The summed E-state index contributed by atoms with van der Waals surface area (Å²) < 4.78 is 0. The summed E-state index contributed by atoms with van der Waals surface area (Å²) in [6, 6.07) is 13.1. The molecule has 2 aromatic carbocycles. The van der Waals surface area contributed by atoms with Gasteiger partial charge in [-0.05, 0) is 62.1 Å². The van der Waals surface area contributed by atoms with Gasteiger partial charge in [-0.25, -0.2) is 0 Å². The third kappa shape index (κ3) is 7.15. The summed E-state index contributed by atoms with van der Waals surface area (Å²) in [5, 5.41) is 20.2. The van der Waals surface area contributed by atoms with E-state index in [1.165, 1.54) is 11.1 Å². The molecule has 4 heteroatoms. The van der Waals surface area contributed by atoms with Crippen LogP contribution < -0.4 is 0 Å². The van der Waals surface area contributed by atoms with Crippen LogP contribution in [0.15, 0.2) is 36.4 Å². The highest BCUT2D eigenvalue weighted by molar-refractivity contribution is 7.98. The van der Waals surface area contributed by atoms with Crippen LogP contribution in [0.1, 0.15) is 61.1 Å². The third-order valence-electron chi connectivity index (χ3n) is 4.41. The smallest absolute Gasteiger partial charge is 0.120 e. The molecule has 0 amide bonds. The number of hydrogen-bond acceptors (Lipinski definition) is 4. The molecule has 2 N–H and O–H groups in total. The number of benzene rings is 2. The maximum Gasteiger partial charge on any atom is 0.120 e. The molecule has 4 bridgehead atoms. The van der Waals surface area contributed by atoms with Crippen LogP contribution in [0.5, 0.6) is 0 Å². The molecule has 2 aromatic rings. The first-order valence-corrected chi connectivity index (χ1v) is 12.3. The molecule has 4 aliphatic heterocycles. The van der Waals surface area contributed by atoms with Crippen LogP contribution in [0.25, 0.3) is 0 Å². The van der Waals surface area contributed by atoms with Gasteiger partial charge in [0.2, 0.25) is 0 Å². The molecule has 0 fully saturated rings. The van der Waals surface area contributed by atoms with Crippen LogP contribution in [0.3, 0.4) is 0 Å². The van der Waals surface area contributed by atoms with Crippen LogP contribution in [-0.4, -0.2) is 21.4 Å². The molecule has 0 saturated carbocycles. The van der Waals surface area contributed by atoms with Gasteiger partial charge >= 0.3 is 0 Å². The second-order valence-corrected chi connectivity index (χ2v) is 10.6. The quantitative estimate of drug-likeness (QED) is 0.563.